The number of amides is 1. The van der Waals surface area contributed by atoms with Crippen molar-refractivity contribution in [2.24, 2.45) is 0 Å². The van der Waals surface area contributed by atoms with E-state index in [2.05, 4.69) is 15.4 Å². The summed E-state index contributed by atoms with van der Waals surface area (Å²) in [4.78, 5) is 15.6. The van der Waals surface area contributed by atoms with Crippen molar-refractivity contribution >= 4 is 11.6 Å². The summed E-state index contributed by atoms with van der Waals surface area (Å²) in [6.07, 6.45) is 2.88. The minimum Gasteiger partial charge on any atom is -0.486 e. The first-order chi connectivity index (χ1) is 9.31. The molecule has 1 aromatic carbocycles. The third-order valence-electron chi connectivity index (χ3n) is 2.60. The molecule has 0 radical (unpaired) electrons. The summed E-state index contributed by atoms with van der Waals surface area (Å²) in [5, 5.41) is 6.64. The highest BCUT2D eigenvalue weighted by molar-refractivity contribution is 5.90. The maximum absolute atomic E-state index is 11.8. The summed E-state index contributed by atoms with van der Waals surface area (Å²) in [7, 11) is 0. The molecule has 19 heavy (non-hydrogen) atoms. The summed E-state index contributed by atoms with van der Waals surface area (Å²) in [6.45, 7) is 1.18. The van der Waals surface area contributed by atoms with E-state index in [0.717, 1.165) is 0 Å². The second-order valence-electron chi connectivity index (χ2n) is 4.00. The zero-order valence-electron chi connectivity index (χ0n) is 10.1. The van der Waals surface area contributed by atoms with Crippen LogP contribution in [0.25, 0.3) is 0 Å². The third kappa shape index (κ3) is 2.65. The number of anilines is 1. The molecule has 1 amide bonds. The molecule has 2 aromatic rings. The number of nitrogens with zero attached hydrogens (tertiary/aromatic N) is 3. The van der Waals surface area contributed by atoms with Gasteiger partial charge in [0.25, 0.3) is 0 Å². The van der Waals surface area contributed by atoms with Crippen molar-refractivity contribution < 1.29 is 14.3 Å². The van der Waals surface area contributed by atoms with Gasteiger partial charge < -0.3 is 14.8 Å². The van der Waals surface area contributed by atoms with Crippen molar-refractivity contribution in [3.8, 4) is 11.5 Å². The number of benzene rings is 1. The van der Waals surface area contributed by atoms with E-state index >= 15 is 0 Å². The number of hydrogen-bond donors (Lipinski definition) is 1. The normalized spacial score (nSPS) is 13.1. The van der Waals surface area contributed by atoms with Crippen LogP contribution < -0.4 is 14.8 Å². The van der Waals surface area contributed by atoms with Crippen LogP contribution in [0.5, 0.6) is 11.5 Å². The van der Waals surface area contributed by atoms with Crippen molar-refractivity contribution in [3.05, 3.63) is 30.9 Å². The van der Waals surface area contributed by atoms with Crippen LogP contribution in [-0.4, -0.2) is 33.9 Å². The summed E-state index contributed by atoms with van der Waals surface area (Å²) in [6, 6.07) is 5.29. The Balaban J connectivity index is 1.67. The summed E-state index contributed by atoms with van der Waals surface area (Å²) in [5.41, 5.74) is 0.661. The molecule has 0 unspecified atom stereocenters. The molecule has 1 N–H and O–H groups in total. The van der Waals surface area contributed by atoms with Crippen molar-refractivity contribution in [2.75, 3.05) is 18.5 Å². The second-order valence-corrected chi connectivity index (χ2v) is 4.00. The maximum Gasteiger partial charge on any atom is 0.246 e. The standard InChI is InChI=1S/C12H12N4O3/c17-12(6-16-8-13-7-14-16)15-9-1-2-10-11(5-9)19-4-3-18-10/h1-2,5,7-8H,3-4,6H2,(H,15,17). The van der Waals surface area contributed by atoms with Gasteiger partial charge in [0.1, 0.15) is 32.4 Å². The van der Waals surface area contributed by atoms with Gasteiger partial charge in [0.05, 0.1) is 0 Å². The molecule has 2 heterocycles. The predicted molar refractivity (Wildman–Crippen MR) is 66.1 cm³/mol. The number of ether oxygens (including phenoxy) is 2. The lowest BCUT2D eigenvalue weighted by atomic mass is 10.2. The molecule has 1 aliphatic heterocycles. The predicted octanol–water partition coefficient (Wildman–Crippen LogP) is 0.688. The van der Waals surface area contributed by atoms with E-state index in [9.17, 15) is 4.79 Å². The van der Waals surface area contributed by atoms with E-state index < -0.39 is 0 Å². The summed E-state index contributed by atoms with van der Waals surface area (Å²) < 4.78 is 12.3. The molecule has 0 aliphatic carbocycles. The van der Waals surface area contributed by atoms with Crippen molar-refractivity contribution in [1.29, 1.82) is 0 Å². The molecular weight excluding hydrogens is 248 g/mol. The van der Waals surface area contributed by atoms with Crippen LogP contribution >= 0.6 is 0 Å². The zero-order chi connectivity index (χ0) is 13.1. The number of rotatable bonds is 3. The van der Waals surface area contributed by atoms with E-state index in [1.165, 1.54) is 17.3 Å². The molecule has 98 valence electrons. The molecule has 3 rings (SSSR count). The fourth-order valence-electron chi connectivity index (χ4n) is 1.78. The average molecular weight is 260 g/mol. The fraction of sp³-hybridized carbons (Fsp3) is 0.250. The Kier molecular flexibility index (Phi) is 3.01. The van der Waals surface area contributed by atoms with Crippen molar-refractivity contribution in [1.82, 2.24) is 14.8 Å². The highest BCUT2D eigenvalue weighted by atomic mass is 16.6. The molecule has 0 saturated heterocycles. The second kappa shape index (κ2) is 4.97. The molecule has 0 atom stereocenters. The van der Waals surface area contributed by atoms with Gasteiger partial charge in [-0.05, 0) is 12.1 Å². The number of carbonyl (C=O) groups is 1. The molecule has 7 heteroatoms. The van der Waals surface area contributed by atoms with Gasteiger partial charge in [0, 0.05) is 11.8 Å². The first-order valence-corrected chi connectivity index (χ1v) is 5.83. The first-order valence-electron chi connectivity index (χ1n) is 5.83. The van der Waals surface area contributed by atoms with Crippen molar-refractivity contribution in [3.63, 3.8) is 0 Å². The number of hydrogen-bond acceptors (Lipinski definition) is 5. The highest BCUT2D eigenvalue weighted by Gasteiger charge is 2.12. The molecule has 1 aliphatic rings. The average Bonchev–Trinajstić information content (AvgIpc) is 2.91. The summed E-state index contributed by atoms with van der Waals surface area (Å²) >= 11 is 0. The van der Waals surface area contributed by atoms with E-state index in [4.69, 9.17) is 9.47 Å². The van der Waals surface area contributed by atoms with E-state index in [1.807, 2.05) is 0 Å². The Morgan fingerprint density at radius 1 is 1.32 bits per heavy atom. The molecule has 7 nitrogen and oxygen atoms in total. The Labute approximate surface area is 109 Å². The van der Waals surface area contributed by atoms with Crippen LogP contribution in [0, 0.1) is 0 Å². The van der Waals surface area contributed by atoms with Gasteiger partial charge in [-0.3, -0.25) is 4.79 Å². The molecule has 0 bridgehead atoms. The van der Waals surface area contributed by atoms with E-state index in [1.54, 1.807) is 18.2 Å². The third-order valence-corrected chi connectivity index (χ3v) is 2.60. The molecule has 0 fully saturated rings. The Morgan fingerprint density at radius 2 is 2.16 bits per heavy atom. The lowest BCUT2D eigenvalue weighted by Gasteiger charge is -2.18. The summed E-state index contributed by atoms with van der Waals surface area (Å²) in [5.74, 6) is 1.16. The Morgan fingerprint density at radius 3 is 2.95 bits per heavy atom. The largest absolute Gasteiger partial charge is 0.486 e. The number of carbonyl (C=O) groups excluding carboxylic acids is 1. The van der Waals surface area contributed by atoms with Crippen LogP contribution in [0.3, 0.4) is 0 Å². The highest BCUT2D eigenvalue weighted by Crippen LogP contribution is 2.32. The van der Waals surface area contributed by atoms with Gasteiger partial charge in [-0.25, -0.2) is 9.67 Å². The minimum atomic E-state index is -0.179. The Hall–Kier alpha value is -2.57. The van der Waals surface area contributed by atoms with Crippen LogP contribution in [-0.2, 0) is 11.3 Å². The number of aromatic nitrogens is 3. The fourth-order valence-corrected chi connectivity index (χ4v) is 1.78. The zero-order valence-corrected chi connectivity index (χ0v) is 10.1. The van der Waals surface area contributed by atoms with Gasteiger partial charge in [-0.15, -0.1) is 0 Å². The van der Waals surface area contributed by atoms with Gasteiger partial charge >= 0.3 is 0 Å². The van der Waals surface area contributed by atoms with E-state index in [0.29, 0.717) is 30.4 Å². The first kappa shape index (κ1) is 11.5. The minimum absolute atomic E-state index is 0.119. The number of nitrogens with one attached hydrogen (secondary N) is 1. The number of fused-ring (bicyclic) bond motifs is 1. The smallest absolute Gasteiger partial charge is 0.246 e. The van der Waals surface area contributed by atoms with Gasteiger partial charge in [0.2, 0.25) is 5.91 Å². The molecule has 0 saturated carbocycles. The van der Waals surface area contributed by atoms with Crippen molar-refractivity contribution in [2.45, 2.75) is 6.54 Å². The van der Waals surface area contributed by atoms with Gasteiger partial charge in [0.15, 0.2) is 11.5 Å². The monoisotopic (exact) mass is 260 g/mol. The topological polar surface area (TPSA) is 78.3 Å². The quantitative estimate of drug-likeness (QED) is 0.878. The van der Waals surface area contributed by atoms with Crippen LogP contribution in [0.2, 0.25) is 0 Å². The van der Waals surface area contributed by atoms with Gasteiger partial charge in [-0.2, -0.15) is 5.10 Å². The SMILES string of the molecule is O=C(Cn1cncn1)Nc1ccc2c(c1)OCCO2. The molecular formula is C12H12N4O3. The molecule has 0 spiro atoms. The van der Waals surface area contributed by atoms with Crippen LogP contribution in [0.15, 0.2) is 30.9 Å². The van der Waals surface area contributed by atoms with Gasteiger partial charge in [-0.1, -0.05) is 0 Å². The van der Waals surface area contributed by atoms with Crippen LogP contribution in [0.1, 0.15) is 0 Å². The maximum atomic E-state index is 11.8. The van der Waals surface area contributed by atoms with E-state index in [-0.39, 0.29) is 12.5 Å². The lowest BCUT2D eigenvalue weighted by Crippen LogP contribution is -2.19. The molecule has 1 aromatic heterocycles. The Bertz CT molecular complexity index is 583. The lowest BCUT2D eigenvalue weighted by molar-refractivity contribution is -0.116. The van der Waals surface area contributed by atoms with Crippen LogP contribution in [0.4, 0.5) is 5.69 Å².